The van der Waals surface area contributed by atoms with Crippen molar-refractivity contribution in [3.05, 3.63) is 53.6 Å². The van der Waals surface area contributed by atoms with E-state index in [1.54, 1.807) is 12.1 Å². The maximum absolute atomic E-state index is 13.4. The molecule has 1 amide bonds. The second kappa shape index (κ2) is 6.58. The van der Waals surface area contributed by atoms with Crippen molar-refractivity contribution in [1.82, 2.24) is 0 Å². The first-order valence-electron chi connectivity index (χ1n) is 6.20. The monoisotopic (exact) mass is 308 g/mol. The molecule has 0 saturated heterocycles. The molecule has 0 spiro atoms. The van der Waals surface area contributed by atoms with Crippen LogP contribution >= 0.6 is 11.8 Å². The summed E-state index contributed by atoms with van der Waals surface area (Å²) in [4.78, 5) is 12.6. The zero-order valence-corrected chi connectivity index (χ0v) is 12.1. The molecule has 110 valence electrons. The minimum Gasteiger partial charge on any atom is -0.399 e. The molecule has 0 aliphatic heterocycles. The third-order valence-corrected chi connectivity index (χ3v) is 3.83. The Labute approximate surface area is 125 Å². The molecule has 3 nitrogen and oxygen atoms in total. The lowest BCUT2D eigenvalue weighted by Crippen LogP contribution is -2.16. The van der Waals surface area contributed by atoms with Crippen molar-refractivity contribution in [3.8, 4) is 0 Å². The highest BCUT2D eigenvalue weighted by molar-refractivity contribution is 8.00. The van der Waals surface area contributed by atoms with Crippen molar-refractivity contribution < 1.29 is 13.6 Å². The Hall–Kier alpha value is -2.08. The van der Waals surface area contributed by atoms with Gasteiger partial charge in [0.1, 0.15) is 17.3 Å². The first-order chi connectivity index (χ1) is 9.97. The van der Waals surface area contributed by atoms with E-state index in [9.17, 15) is 13.6 Å². The smallest absolute Gasteiger partial charge is 0.234 e. The molecule has 0 aliphatic rings. The van der Waals surface area contributed by atoms with E-state index in [1.165, 1.54) is 17.8 Å². The standard InChI is InChI=1S/C15H14F2N2OS/c1-9-7-10(5-6-13(9)18)21-8-14(20)19-15-11(16)3-2-4-12(15)17/h2-7H,8,18H2,1H3,(H,19,20). The molecule has 0 aliphatic carbocycles. The van der Waals surface area contributed by atoms with Crippen molar-refractivity contribution in [3.63, 3.8) is 0 Å². The number of carbonyl (C=O) groups is 1. The van der Waals surface area contributed by atoms with Crippen molar-refractivity contribution in [2.24, 2.45) is 0 Å². The number of amides is 1. The third-order valence-electron chi connectivity index (χ3n) is 2.84. The van der Waals surface area contributed by atoms with Crippen LogP contribution in [0.4, 0.5) is 20.2 Å². The molecule has 0 unspecified atom stereocenters. The molecule has 0 fully saturated rings. The van der Waals surface area contributed by atoms with Crippen LogP contribution in [0.25, 0.3) is 0 Å². The van der Waals surface area contributed by atoms with E-state index in [2.05, 4.69) is 5.32 Å². The van der Waals surface area contributed by atoms with E-state index in [4.69, 9.17) is 5.73 Å². The number of benzene rings is 2. The zero-order valence-electron chi connectivity index (χ0n) is 11.3. The van der Waals surface area contributed by atoms with Gasteiger partial charge in [-0.15, -0.1) is 11.8 Å². The molecule has 0 saturated carbocycles. The van der Waals surface area contributed by atoms with Gasteiger partial charge in [0.2, 0.25) is 5.91 Å². The molecule has 0 atom stereocenters. The molecule has 0 heterocycles. The molecular weight excluding hydrogens is 294 g/mol. The van der Waals surface area contributed by atoms with Crippen LogP contribution in [0.3, 0.4) is 0 Å². The summed E-state index contributed by atoms with van der Waals surface area (Å²) in [5.41, 5.74) is 6.88. The number of nitrogens with one attached hydrogen (secondary N) is 1. The number of aryl methyl sites for hydroxylation is 1. The number of hydrogen-bond donors (Lipinski definition) is 2. The van der Waals surface area contributed by atoms with Gasteiger partial charge in [0.25, 0.3) is 0 Å². The zero-order chi connectivity index (χ0) is 15.4. The van der Waals surface area contributed by atoms with Crippen molar-refractivity contribution in [2.45, 2.75) is 11.8 Å². The summed E-state index contributed by atoms with van der Waals surface area (Å²) in [7, 11) is 0. The number of anilines is 2. The molecule has 0 aromatic heterocycles. The lowest BCUT2D eigenvalue weighted by Gasteiger charge is -2.08. The molecule has 2 rings (SSSR count). The van der Waals surface area contributed by atoms with Crippen LogP contribution < -0.4 is 11.1 Å². The van der Waals surface area contributed by atoms with Gasteiger partial charge in [-0.25, -0.2) is 8.78 Å². The van der Waals surface area contributed by atoms with Crippen LogP contribution in [-0.4, -0.2) is 11.7 Å². The average molecular weight is 308 g/mol. The van der Waals surface area contributed by atoms with Gasteiger partial charge in [-0.2, -0.15) is 0 Å². The molecule has 6 heteroatoms. The van der Waals surface area contributed by atoms with Gasteiger partial charge in [0.15, 0.2) is 0 Å². The van der Waals surface area contributed by atoms with Gasteiger partial charge < -0.3 is 11.1 Å². The molecular formula is C15H14F2N2OS. The lowest BCUT2D eigenvalue weighted by molar-refractivity contribution is -0.113. The highest BCUT2D eigenvalue weighted by Gasteiger charge is 2.12. The fraction of sp³-hybridized carbons (Fsp3) is 0.133. The van der Waals surface area contributed by atoms with Gasteiger partial charge in [-0.3, -0.25) is 4.79 Å². The van der Waals surface area contributed by atoms with Gasteiger partial charge >= 0.3 is 0 Å². The second-order valence-electron chi connectivity index (χ2n) is 4.45. The Bertz CT molecular complexity index is 656. The Kier molecular flexibility index (Phi) is 4.80. The molecule has 0 bridgehead atoms. The van der Waals surface area contributed by atoms with Crippen LogP contribution in [0.2, 0.25) is 0 Å². The van der Waals surface area contributed by atoms with E-state index in [1.807, 2.05) is 13.0 Å². The van der Waals surface area contributed by atoms with Crippen LogP contribution in [-0.2, 0) is 4.79 Å². The number of rotatable bonds is 4. The summed E-state index contributed by atoms with van der Waals surface area (Å²) in [6.07, 6.45) is 0. The Morgan fingerprint density at radius 2 is 1.90 bits per heavy atom. The SMILES string of the molecule is Cc1cc(SCC(=O)Nc2c(F)cccc2F)ccc1N. The predicted molar refractivity (Wildman–Crippen MR) is 81.3 cm³/mol. The molecule has 21 heavy (non-hydrogen) atoms. The quantitative estimate of drug-likeness (QED) is 0.670. The summed E-state index contributed by atoms with van der Waals surface area (Å²) in [5.74, 6) is -2.01. The molecule has 3 N–H and O–H groups in total. The fourth-order valence-electron chi connectivity index (χ4n) is 1.68. The van der Waals surface area contributed by atoms with Crippen LogP contribution in [0.1, 0.15) is 5.56 Å². The predicted octanol–water partition coefficient (Wildman–Crippen LogP) is 3.59. The summed E-state index contributed by atoms with van der Waals surface area (Å²) < 4.78 is 26.8. The summed E-state index contributed by atoms with van der Waals surface area (Å²) in [5, 5.41) is 2.24. The van der Waals surface area contributed by atoms with Gasteiger partial charge in [-0.1, -0.05) is 6.07 Å². The summed E-state index contributed by atoms with van der Waals surface area (Å²) in [6, 6.07) is 8.84. The van der Waals surface area contributed by atoms with E-state index in [-0.39, 0.29) is 5.75 Å². The minimum absolute atomic E-state index is 0.0527. The average Bonchev–Trinajstić information content (AvgIpc) is 2.44. The van der Waals surface area contributed by atoms with Crippen molar-refractivity contribution in [1.29, 1.82) is 0 Å². The number of nitrogen functional groups attached to an aromatic ring is 1. The van der Waals surface area contributed by atoms with E-state index in [0.717, 1.165) is 22.6 Å². The lowest BCUT2D eigenvalue weighted by atomic mass is 10.2. The van der Waals surface area contributed by atoms with Gasteiger partial charge in [-0.05, 0) is 42.8 Å². The summed E-state index contributed by atoms with van der Waals surface area (Å²) >= 11 is 1.27. The first kappa shape index (κ1) is 15.3. The largest absolute Gasteiger partial charge is 0.399 e. The highest BCUT2D eigenvalue weighted by atomic mass is 32.2. The number of halogens is 2. The van der Waals surface area contributed by atoms with Crippen LogP contribution in [0.5, 0.6) is 0 Å². The molecule has 2 aromatic carbocycles. The minimum atomic E-state index is -0.795. The highest BCUT2D eigenvalue weighted by Crippen LogP contribution is 2.23. The van der Waals surface area contributed by atoms with Gasteiger partial charge in [0.05, 0.1) is 5.75 Å². The topological polar surface area (TPSA) is 55.1 Å². The maximum atomic E-state index is 13.4. The number of thioether (sulfide) groups is 1. The van der Waals surface area contributed by atoms with Crippen molar-refractivity contribution in [2.75, 3.05) is 16.8 Å². The van der Waals surface area contributed by atoms with Gasteiger partial charge in [0, 0.05) is 10.6 Å². The normalized spacial score (nSPS) is 10.4. The van der Waals surface area contributed by atoms with E-state index in [0.29, 0.717) is 5.69 Å². The van der Waals surface area contributed by atoms with E-state index < -0.39 is 23.2 Å². The van der Waals surface area contributed by atoms with Crippen LogP contribution in [0.15, 0.2) is 41.3 Å². The summed E-state index contributed by atoms with van der Waals surface area (Å²) in [6.45, 7) is 1.87. The Balaban J connectivity index is 1.97. The van der Waals surface area contributed by atoms with Crippen LogP contribution in [0, 0.1) is 18.6 Å². The third kappa shape index (κ3) is 3.95. The first-order valence-corrected chi connectivity index (χ1v) is 7.18. The Morgan fingerprint density at radius 3 is 2.52 bits per heavy atom. The number of hydrogen-bond acceptors (Lipinski definition) is 3. The molecule has 0 radical (unpaired) electrons. The number of nitrogens with two attached hydrogens (primary N) is 1. The fourth-order valence-corrected chi connectivity index (χ4v) is 2.47. The Morgan fingerprint density at radius 1 is 1.24 bits per heavy atom. The number of para-hydroxylation sites is 1. The number of carbonyl (C=O) groups excluding carboxylic acids is 1. The van der Waals surface area contributed by atoms with Crippen molar-refractivity contribution >= 4 is 29.0 Å². The second-order valence-corrected chi connectivity index (χ2v) is 5.50. The molecule has 2 aromatic rings. The maximum Gasteiger partial charge on any atom is 0.234 e. The van der Waals surface area contributed by atoms with E-state index >= 15 is 0 Å².